The van der Waals surface area contributed by atoms with Crippen LogP contribution in [0.25, 0.3) is 0 Å². The van der Waals surface area contributed by atoms with Gasteiger partial charge in [0, 0.05) is 11.5 Å². The van der Waals surface area contributed by atoms with E-state index in [1.807, 2.05) is 0 Å². The Balaban J connectivity index is 2.11. The van der Waals surface area contributed by atoms with Crippen molar-refractivity contribution in [2.45, 2.75) is 32.2 Å². The number of hydrogen-bond acceptors (Lipinski definition) is 5. The highest BCUT2D eigenvalue weighted by molar-refractivity contribution is 6.40. The zero-order valence-corrected chi connectivity index (χ0v) is 15.7. The third-order valence-electron chi connectivity index (χ3n) is 4.30. The molecule has 3 unspecified atom stereocenters. The lowest BCUT2D eigenvalue weighted by Crippen LogP contribution is -2.45. The Bertz CT molecular complexity index is 850. The molecule has 2 rings (SSSR count). The van der Waals surface area contributed by atoms with E-state index < -0.39 is 42.0 Å². The number of benzene rings is 2. The molecule has 0 saturated carbocycles. The van der Waals surface area contributed by atoms with Crippen molar-refractivity contribution in [3.8, 4) is 0 Å². The summed E-state index contributed by atoms with van der Waals surface area (Å²) in [5.41, 5.74) is 0.0843. The number of esters is 2. The summed E-state index contributed by atoms with van der Waals surface area (Å²) in [5.74, 6) is -5.08. The Morgan fingerprint density at radius 3 is 1.76 bits per heavy atom. The summed E-state index contributed by atoms with van der Waals surface area (Å²) >= 11 is 0. The molecule has 154 valence electrons. The number of carbonyl (C=O) groups is 3. The minimum atomic E-state index is -4.96. The van der Waals surface area contributed by atoms with Gasteiger partial charge in [-0.15, -0.1) is 0 Å². The predicted octanol–water partition coefficient (Wildman–Crippen LogP) is 4.23. The fraction of sp³-hybridized carbons (Fsp3) is 0.286. The Morgan fingerprint density at radius 1 is 0.793 bits per heavy atom. The molecule has 0 aliphatic carbocycles. The molecule has 8 heteroatoms. The number of halogens is 3. The smallest absolute Gasteiger partial charge is 0.425 e. The Labute approximate surface area is 165 Å². The molecular formula is C21H19F3O5. The molecule has 5 nitrogen and oxygen atoms in total. The summed E-state index contributed by atoms with van der Waals surface area (Å²) in [7, 11) is 0. The molecular weight excluding hydrogens is 389 g/mol. The van der Waals surface area contributed by atoms with Gasteiger partial charge in [0.05, 0.1) is 5.56 Å². The van der Waals surface area contributed by atoms with E-state index in [0.29, 0.717) is 0 Å². The van der Waals surface area contributed by atoms with Gasteiger partial charge in [-0.3, -0.25) is 4.79 Å². The minimum absolute atomic E-state index is 0.0883. The molecule has 0 spiro atoms. The lowest BCUT2D eigenvalue weighted by molar-refractivity contribution is -0.236. The van der Waals surface area contributed by atoms with E-state index in [9.17, 15) is 27.6 Å². The molecule has 0 saturated heterocycles. The van der Waals surface area contributed by atoms with Crippen molar-refractivity contribution < 1.29 is 37.0 Å². The maximum absolute atomic E-state index is 13.5. The summed E-state index contributed by atoms with van der Waals surface area (Å²) in [5, 5.41) is 0. The Kier molecular flexibility index (Phi) is 7.14. The van der Waals surface area contributed by atoms with E-state index in [1.165, 1.54) is 43.3 Å². The van der Waals surface area contributed by atoms with Crippen molar-refractivity contribution in [1.82, 2.24) is 0 Å². The average molecular weight is 408 g/mol. The largest absolute Gasteiger partial charge is 0.459 e. The van der Waals surface area contributed by atoms with E-state index in [-0.39, 0.29) is 11.1 Å². The van der Waals surface area contributed by atoms with Crippen molar-refractivity contribution in [3.63, 3.8) is 0 Å². The van der Waals surface area contributed by atoms with Gasteiger partial charge in [0.15, 0.2) is 0 Å². The van der Waals surface area contributed by atoms with Crippen LogP contribution >= 0.6 is 0 Å². The first-order chi connectivity index (χ1) is 13.6. The molecule has 0 aromatic heterocycles. The van der Waals surface area contributed by atoms with Gasteiger partial charge in [-0.25, -0.2) is 9.59 Å². The number of carbonyl (C=O) groups excluding carboxylic acids is 3. The maximum Gasteiger partial charge on any atom is 0.425 e. The molecule has 0 amide bonds. The van der Waals surface area contributed by atoms with Gasteiger partial charge in [-0.2, -0.15) is 13.2 Å². The number of ketones is 1. The number of Topliss-reactive ketones (excluding diaryl/α,β-unsaturated/α-hetero) is 1. The molecule has 0 bridgehead atoms. The standard InChI is InChI=1S/C21H19F3O5/c1-13(14(2)28-19(26)16-11-7-4-8-12-16)18(21(22,23)24)29-20(27)17(25)15-9-5-3-6-10-15/h3-14,18H,1-2H3. The molecule has 29 heavy (non-hydrogen) atoms. The second-order valence-corrected chi connectivity index (χ2v) is 6.40. The predicted molar refractivity (Wildman–Crippen MR) is 97.2 cm³/mol. The first kappa shape index (κ1) is 22.1. The molecule has 2 aromatic rings. The number of alkyl halides is 3. The van der Waals surface area contributed by atoms with E-state index in [2.05, 4.69) is 4.74 Å². The van der Waals surface area contributed by atoms with E-state index in [0.717, 1.165) is 6.92 Å². The third-order valence-corrected chi connectivity index (χ3v) is 4.30. The first-order valence-corrected chi connectivity index (χ1v) is 8.74. The summed E-state index contributed by atoms with van der Waals surface area (Å²) in [4.78, 5) is 36.1. The maximum atomic E-state index is 13.5. The second-order valence-electron chi connectivity index (χ2n) is 6.40. The van der Waals surface area contributed by atoms with E-state index in [4.69, 9.17) is 4.74 Å². The zero-order valence-electron chi connectivity index (χ0n) is 15.7. The van der Waals surface area contributed by atoms with Crippen molar-refractivity contribution >= 4 is 17.7 Å². The van der Waals surface area contributed by atoms with Gasteiger partial charge < -0.3 is 9.47 Å². The van der Waals surface area contributed by atoms with Gasteiger partial charge in [0.25, 0.3) is 5.78 Å². The lowest BCUT2D eigenvalue weighted by atomic mass is 9.98. The molecule has 2 aromatic carbocycles. The van der Waals surface area contributed by atoms with Crippen LogP contribution in [0.3, 0.4) is 0 Å². The van der Waals surface area contributed by atoms with Crippen molar-refractivity contribution in [2.75, 3.05) is 0 Å². The zero-order chi connectivity index (χ0) is 21.6. The highest BCUT2D eigenvalue weighted by Gasteiger charge is 2.49. The van der Waals surface area contributed by atoms with Crippen LogP contribution in [-0.4, -0.2) is 36.1 Å². The molecule has 0 aliphatic rings. The molecule has 0 fully saturated rings. The SMILES string of the molecule is CC(OC(=O)c1ccccc1)C(C)C(OC(=O)C(=O)c1ccccc1)C(F)(F)F. The van der Waals surface area contributed by atoms with Gasteiger partial charge >= 0.3 is 18.1 Å². The summed E-state index contributed by atoms with van der Waals surface area (Å²) < 4.78 is 50.0. The van der Waals surface area contributed by atoms with Crippen LogP contribution in [0, 0.1) is 5.92 Å². The Hall–Kier alpha value is -3.16. The molecule has 0 radical (unpaired) electrons. The summed E-state index contributed by atoms with van der Waals surface area (Å²) in [6, 6.07) is 14.9. The van der Waals surface area contributed by atoms with Gasteiger partial charge in [0.2, 0.25) is 6.10 Å². The van der Waals surface area contributed by atoms with E-state index >= 15 is 0 Å². The normalized spacial score (nSPS) is 14.4. The molecule has 0 N–H and O–H groups in total. The van der Waals surface area contributed by atoms with Crippen LogP contribution < -0.4 is 0 Å². The van der Waals surface area contributed by atoms with Gasteiger partial charge in [0.1, 0.15) is 6.10 Å². The number of rotatable bonds is 7. The fourth-order valence-corrected chi connectivity index (χ4v) is 2.51. The van der Waals surface area contributed by atoms with Crippen molar-refractivity contribution in [2.24, 2.45) is 5.92 Å². The quantitative estimate of drug-likeness (QED) is 0.390. The van der Waals surface area contributed by atoms with Crippen LogP contribution in [0.1, 0.15) is 34.6 Å². The van der Waals surface area contributed by atoms with Gasteiger partial charge in [-0.1, -0.05) is 55.5 Å². The van der Waals surface area contributed by atoms with Crippen molar-refractivity contribution in [1.29, 1.82) is 0 Å². The van der Waals surface area contributed by atoms with Crippen LogP contribution in [0.5, 0.6) is 0 Å². The number of ether oxygens (including phenoxy) is 2. The highest BCUT2D eigenvalue weighted by atomic mass is 19.4. The monoisotopic (exact) mass is 408 g/mol. The number of hydrogen-bond donors (Lipinski definition) is 0. The highest BCUT2D eigenvalue weighted by Crippen LogP contribution is 2.31. The Morgan fingerprint density at radius 2 is 1.28 bits per heavy atom. The van der Waals surface area contributed by atoms with Crippen LogP contribution in [0.2, 0.25) is 0 Å². The topological polar surface area (TPSA) is 69.7 Å². The molecule has 0 heterocycles. The summed E-state index contributed by atoms with van der Waals surface area (Å²) in [6.07, 6.45) is -8.82. The van der Waals surface area contributed by atoms with Crippen LogP contribution in [0.15, 0.2) is 60.7 Å². The van der Waals surface area contributed by atoms with E-state index in [1.54, 1.807) is 24.3 Å². The molecule has 3 atom stereocenters. The van der Waals surface area contributed by atoms with Crippen LogP contribution in [-0.2, 0) is 14.3 Å². The average Bonchev–Trinajstić information content (AvgIpc) is 2.71. The minimum Gasteiger partial charge on any atom is -0.459 e. The lowest BCUT2D eigenvalue weighted by Gasteiger charge is -2.29. The summed E-state index contributed by atoms with van der Waals surface area (Å²) in [6.45, 7) is 2.39. The third kappa shape index (κ3) is 5.91. The fourth-order valence-electron chi connectivity index (χ4n) is 2.51. The van der Waals surface area contributed by atoms with Gasteiger partial charge in [-0.05, 0) is 19.1 Å². The molecule has 0 aliphatic heterocycles. The van der Waals surface area contributed by atoms with Crippen molar-refractivity contribution in [3.05, 3.63) is 71.8 Å². The van der Waals surface area contributed by atoms with Crippen LogP contribution in [0.4, 0.5) is 13.2 Å². The second kappa shape index (κ2) is 9.36. The first-order valence-electron chi connectivity index (χ1n) is 8.74.